The lowest BCUT2D eigenvalue weighted by Crippen LogP contribution is -1.85. The SMILES string of the molecule is Oc1ccc(-c2nc(-c3ccc(Cl)cn3)no2)c(O)c1. The molecule has 7 heteroatoms. The zero-order valence-electron chi connectivity index (χ0n) is 9.99. The average molecular weight is 290 g/mol. The molecule has 6 nitrogen and oxygen atoms in total. The molecule has 2 heterocycles. The molecule has 3 rings (SSSR count). The van der Waals surface area contributed by atoms with Crippen molar-refractivity contribution in [3.8, 4) is 34.5 Å². The third kappa shape index (κ3) is 2.28. The van der Waals surface area contributed by atoms with E-state index in [-0.39, 0.29) is 23.2 Å². The van der Waals surface area contributed by atoms with Crippen LogP contribution < -0.4 is 0 Å². The molecule has 0 atom stereocenters. The maximum absolute atomic E-state index is 9.74. The third-order valence-electron chi connectivity index (χ3n) is 2.59. The van der Waals surface area contributed by atoms with Crippen LogP contribution in [0.2, 0.25) is 5.02 Å². The maximum atomic E-state index is 9.74. The van der Waals surface area contributed by atoms with Crippen molar-refractivity contribution in [2.24, 2.45) is 0 Å². The minimum Gasteiger partial charge on any atom is -0.508 e. The summed E-state index contributed by atoms with van der Waals surface area (Å²) in [5.74, 6) is 0.216. The van der Waals surface area contributed by atoms with Gasteiger partial charge in [-0.05, 0) is 24.3 Å². The number of benzene rings is 1. The van der Waals surface area contributed by atoms with Gasteiger partial charge in [0, 0.05) is 12.3 Å². The molecule has 20 heavy (non-hydrogen) atoms. The average Bonchev–Trinajstić information content (AvgIpc) is 2.89. The molecule has 1 aromatic carbocycles. The molecule has 0 amide bonds. The molecule has 0 saturated carbocycles. The Labute approximate surface area is 118 Å². The summed E-state index contributed by atoms with van der Waals surface area (Å²) in [5.41, 5.74) is 0.832. The highest BCUT2D eigenvalue weighted by Gasteiger charge is 2.15. The van der Waals surface area contributed by atoms with Gasteiger partial charge in [0.1, 0.15) is 17.2 Å². The van der Waals surface area contributed by atoms with Gasteiger partial charge in [-0.15, -0.1) is 0 Å². The smallest absolute Gasteiger partial charge is 0.262 e. The van der Waals surface area contributed by atoms with Gasteiger partial charge in [0.05, 0.1) is 10.6 Å². The van der Waals surface area contributed by atoms with Gasteiger partial charge in [-0.1, -0.05) is 16.8 Å². The molecule has 0 bridgehead atoms. The number of aromatic hydroxyl groups is 2. The lowest BCUT2D eigenvalue weighted by molar-refractivity contribution is 0.423. The normalized spacial score (nSPS) is 10.7. The van der Waals surface area contributed by atoms with Crippen LogP contribution in [0.25, 0.3) is 23.0 Å². The predicted molar refractivity (Wildman–Crippen MR) is 71.3 cm³/mol. The Bertz CT molecular complexity index is 756. The molecule has 0 aliphatic heterocycles. The first-order valence-corrected chi connectivity index (χ1v) is 5.99. The van der Waals surface area contributed by atoms with Gasteiger partial charge < -0.3 is 14.7 Å². The second-order valence-corrected chi connectivity index (χ2v) is 4.42. The Balaban J connectivity index is 1.99. The summed E-state index contributed by atoms with van der Waals surface area (Å²) in [7, 11) is 0. The highest BCUT2D eigenvalue weighted by molar-refractivity contribution is 6.30. The van der Waals surface area contributed by atoms with Crippen molar-refractivity contribution in [2.75, 3.05) is 0 Å². The topological polar surface area (TPSA) is 92.3 Å². The van der Waals surface area contributed by atoms with Crippen molar-refractivity contribution >= 4 is 11.6 Å². The summed E-state index contributed by atoms with van der Waals surface area (Å²) in [5, 5.41) is 23.3. The number of halogens is 1. The van der Waals surface area contributed by atoms with Gasteiger partial charge in [0.15, 0.2) is 0 Å². The largest absolute Gasteiger partial charge is 0.508 e. The van der Waals surface area contributed by atoms with Gasteiger partial charge in [-0.3, -0.25) is 4.98 Å². The fourth-order valence-corrected chi connectivity index (χ4v) is 1.76. The van der Waals surface area contributed by atoms with Gasteiger partial charge in [0.25, 0.3) is 5.89 Å². The lowest BCUT2D eigenvalue weighted by atomic mass is 10.2. The summed E-state index contributed by atoms with van der Waals surface area (Å²) >= 11 is 5.75. The number of hydrogen-bond acceptors (Lipinski definition) is 6. The number of nitrogens with zero attached hydrogens (tertiary/aromatic N) is 3. The second-order valence-electron chi connectivity index (χ2n) is 3.99. The fraction of sp³-hybridized carbons (Fsp3) is 0. The second kappa shape index (κ2) is 4.82. The standard InChI is InChI=1S/C13H8ClN3O3/c14-7-1-4-10(15-6-7)12-16-13(20-17-12)9-3-2-8(18)5-11(9)19/h1-6,18-19H. The van der Waals surface area contributed by atoms with E-state index in [1.807, 2.05) is 0 Å². The molecule has 2 N–H and O–H groups in total. The van der Waals surface area contributed by atoms with Gasteiger partial charge in [-0.2, -0.15) is 4.98 Å². The predicted octanol–water partition coefficient (Wildman–Crippen LogP) is 2.86. The van der Waals surface area contributed by atoms with Crippen LogP contribution in [0.1, 0.15) is 0 Å². The minimum atomic E-state index is -0.149. The molecule has 0 aliphatic carbocycles. The van der Waals surface area contributed by atoms with E-state index in [0.717, 1.165) is 0 Å². The minimum absolute atomic E-state index is 0.0506. The molecule has 0 spiro atoms. The lowest BCUT2D eigenvalue weighted by Gasteiger charge is -1.99. The van der Waals surface area contributed by atoms with Gasteiger partial charge in [-0.25, -0.2) is 0 Å². The van der Waals surface area contributed by atoms with Gasteiger partial charge >= 0.3 is 0 Å². The number of phenolic OH excluding ortho intramolecular Hbond substituents is 2. The Morgan fingerprint density at radius 1 is 1.10 bits per heavy atom. The van der Waals surface area contributed by atoms with Crippen LogP contribution in [0.3, 0.4) is 0 Å². The van der Waals surface area contributed by atoms with E-state index < -0.39 is 0 Å². The zero-order valence-corrected chi connectivity index (χ0v) is 10.7. The first kappa shape index (κ1) is 12.4. The van der Waals surface area contributed by atoms with Crippen LogP contribution >= 0.6 is 11.6 Å². The Morgan fingerprint density at radius 3 is 2.65 bits per heavy atom. The molecule has 0 unspecified atom stereocenters. The Kier molecular flexibility index (Phi) is 3.00. The van der Waals surface area contributed by atoms with Crippen molar-refractivity contribution in [2.45, 2.75) is 0 Å². The monoisotopic (exact) mass is 289 g/mol. The van der Waals surface area contributed by atoms with Crippen molar-refractivity contribution < 1.29 is 14.7 Å². The number of aromatic nitrogens is 3. The van der Waals surface area contributed by atoms with E-state index in [1.54, 1.807) is 12.1 Å². The van der Waals surface area contributed by atoms with Crippen LogP contribution in [0, 0.1) is 0 Å². The number of hydrogen-bond donors (Lipinski definition) is 2. The maximum Gasteiger partial charge on any atom is 0.262 e. The highest BCUT2D eigenvalue weighted by Crippen LogP contribution is 2.31. The van der Waals surface area contributed by atoms with Crippen LogP contribution in [0.4, 0.5) is 0 Å². The van der Waals surface area contributed by atoms with Crippen molar-refractivity contribution in [1.82, 2.24) is 15.1 Å². The van der Waals surface area contributed by atoms with Crippen molar-refractivity contribution in [3.63, 3.8) is 0 Å². The molecule has 0 saturated heterocycles. The quantitative estimate of drug-likeness (QED) is 0.753. The summed E-state index contributed by atoms with van der Waals surface area (Å²) < 4.78 is 5.08. The summed E-state index contributed by atoms with van der Waals surface area (Å²) in [4.78, 5) is 8.22. The van der Waals surface area contributed by atoms with E-state index in [4.69, 9.17) is 16.1 Å². The summed E-state index contributed by atoms with van der Waals surface area (Å²) in [6.45, 7) is 0. The Hall–Kier alpha value is -2.60. The molecule has 0 fully saturated rings. The van der Waals surface area contributed by atoms with E-state index in [0.29, 0.717) is 16.3 Å². The van der Waals surface area contributed by atoms with Crippen LogP contribution in [0.15, 0.2) is 41.1 Å². The van der Waals surface area contributed by atoms with Gasteiger partial charge in [0.2, 0.25) is 5.82 Å². The van der Waals surface area contributed by atoms with Crippen LogP contribution in [-0.4, -0.2) is 25.3 Å². The molecular formula is C13H8ClN3O3. The first-order chi connectivity index (χ1) is 9.63. The van der Waals surface area contributed by atoms with E-state index in [1.165, 1.54) is 24.4 Å². The number of phenols is 2. The Morgan fingerprint density at radius 2 is 1.95 bits per heavy atom. The number of rotatable bonds is 2. The summed E-state index contributed by atoms with van der Waals surface area (Å²) in [6.07, 6.45) is 1.48. The molecule has 2 aromatic heterocycles. The molecule has 0 radical (unpaired) electrons. The number of pyridine rings is 1. The first-order valence-electron chi connectivity index (χ1n) is 5.61. The van der Waals surface area contributed by atoms with E-state index in [9.17, 15) is 10.2 Å². The third-order valence-corrected chi connectivity index (χ3v) is 2.82. The molecule has 3 aromatic rings. The molecule has 100 valence electrons. The fourth-order valence-electron chi connectivity index (χ4n) is 1.65. The van der Waals surface area contributed by atoms with E-state index >= 15 is 0 Å². The van der Waals surface area contributed by atoms with Crippen molar-refractivity contribution in [1.29, 1.82) is 0 Å². The summed E-state index contributed by atoms with van der Waals surface area (Å²) in [6, 6.07) is 7.42. The van der Waals surface area contributed by atoms with E-state index in [2.05, 4.69) is 15.1 Å². The molecule has 0 aliphatic rings. The zero-order chi connectivity index (χ0) is 14.1. The van der Waals surface area contributed by atoms with Crippen LogP contribution in [0.5, 0.6) is 11.5 Å². The van der Waals surface area contributed by atoms with Crippen LogP contribution in [-0.2, 0) is 0 Å². The highest BCUT2D eigenvalue weighted by atomic mass is 35.5. The molecular weight excluding hydrogens is 282 g/mol. The van der Waals surface area contributed by atoms with Crippen molar-refractivity contribution in [3.05, 3.63) is 41.6 Å².